The summed E-state index contributed by atoms with van der Waals surface area (Å²) in [5.41, 5.74) is 0.836. The summed E-state index contributed by atoms with van der Waals surface area (Å²) < 4.78 is 20.6. The van der Waals surface area contributed by atoms with E-state index in [9.17, 15) is 9.67 Å². The summed E-state index contributed by atoms with van der Waals surface area (Å²) in [6.07, 6.45) is 1.90. The predicted molar refractivity (Wildman–Crippen MR) is 120 cm³/mol. The van der Waals surface area contributed by atoms with E-state index >= 15 is 0 Å². The van der Waals surface area contributed by atoms with Crippen molar-refractivity contribution in [3.05, 3.63) is 78.9 Å². The van der Waals surface area contributed by atoms with Crippen molar-refractivity contribution in [1.82, 2.24) is 0 Å². The summed E-state index contributed by atoms with van der Waals surface area (Å²) in [4.78, 5) is 2.17. The number of methoxy groups -OCH3 is 1. The van der Waals surface area contributed by atoms with Crippen molar-refractivity contribution in [3.63, 3.8) is 0 Å². The Bertz CT molecular complexity index is 964. The molecule has 29 heavy (non-hydrogen) atoms. The fourth-order valence-electron chi connectivity index (χ4n) is 4.24. The molecule has 4 nitrogen and oxygen atoms in total. The first-order chi connectivity index (χ1) is 14.2. The molecule has 0 saturated carbocycles. The van der Waals surface area contributed by atoms with Crippen LogP contribution in [0.5, 0.6) is 5.75 Å². The van der Waals surface area contributed by atoms with E-state index in [1.807, 2.05) is 78.9 Å². The number of para-hydroxylation sites is 1. The maximum absolute atomic E-state index is 14.9. The highest BCUT2D eigenvalue weighted by Crippen LogP contribution is 2.48. The molecule has 0 spiro atoms. The molecule has 5 heteroatoms. The third kappa shape index (κ3) is 3.48. The Morgan fingerprint density at radius 2 is 1.59 bits per heavy atom. The maximum Gasteiger partial charge on any atom is 0.173 e. The molecule has 3 aromatic carbocycles. The second-order valence-electron chi connectivity index (χ2n) is 7.28. The molecule has 1 atom stereocenters. The van der Waals surface area contributed by atoms with Crippen LogP contribution in [0.15, 0.2) is 78.9 Å². The lowest BCUT2D eigenvalue weighted by molar-refractivity contribution is 0.266. The van der Waals surface area contributed by atoms with Gasteiger partial charge in [-0.3, -0.25) is 0 Å². The van der Waals surface area contributed by atoms with Gasteiger partial charge < -0.3 is 19.3 Å². The Morgan fingerprint density at radius 1 is 0.966 bits per heavy atom. The van der Waals surface area contributed by atoms with Crippen molar-refractivity contribution in [2.45, 2.75) is 18.9 Å². The fourth-order valence-corrected chi connectivity index (χ4v) is 7.11. The second kappa shape index (κ2) is 8.44. The summed E-state index contributed by atoms with van der Waals surface area (Å²) in [5, 5.41) is 12.3. The number of ether oxygens (including phenoxy) is 1. The van der Waals surface area contributed by atoms with Gasteiger partial charge in [-0.05, 0) is 25.0 Å². The Labute approximate surface area is 172 Å². The zero-order chi connectivity index (χ0) is 20.3. The van der Waals surface area contributed by atoms with Gasteiger partial charge in [-0.15, -0.1) is 0 Å². The Kier molecular flexibility index (Phi) is 5.75. The monoisotopic (exact) mass is 407 g/mol. The van der Waals surface area contributed by atoms with Crippen LogP contribution >= 0.6 is 7.14 Å². The third-order valence-corrected chi connectivity index (χ3v) is 8.74. The number of hydrogen-bond donors (Lipinski definition) is 1. The van der Waals surface area contributed by atoms with Crippen LogP contribution in [0.25, 0.3) is 0 Å². The van der Waals surface area contributed by atoms with E-state index in [1.54, 1.807) is 7.11 Å². The van der Waals surface area contributed by atoms with Gasteiger partial charge in [-0.1, -0.05) is 66.7 Å². The van der Waals surface area contributed by atoms with E-state index in [-0.39, 0.29) is 12.6 Å². The van der Waals surface area contributed by atoms with Gasteiger partial charge in [-0.2, -0.15) is 0 Å². The van der Waals surface area contributed by atoms with E-state index in [1.165, 1.54) is 0 Å². The molecule has 1 heterocycles. The molecular formula is C24H26NO3P. The minimum Gasteiger partial charge on any atom is -0.495 e. The van der Waals surface area contributed by atoms with Gasteiger partial charge in [-0.25, -0.2) is 0 Å². The molecule has 1 aliphatic heterocycles. The zero-order valence-electron chi connectivity index (χ0n) is 16.6. The summed E-state index contributed by atoms with van der Waals surface area (Å²) in [5.74, 6) is 0.690. The zero-order valence-corrected chi connectivity index (χ0v) is 17.5. The molecule has 1 saturated heterocycles. The highest BCUT2D eigenvalue weighted by atomic mass is 31.2. The van der Waals surface area contributed by atoms with Gasteiger partial charge in [0.05, 0.1) is 25.4 Å². The van der Waals surface area contributed by atoms with Crippen LogP contribution in [-0.2, 0) is 4.57 Å². The Balaban J connectivity index is 2.01. The molecular weight excluding hydrogens is 381 g/mol. The molecule has 1 N–H and O–H groups in total. The lowest BCUT2D eigenvalue weighted by Gasteiger charge is -2.32. The smallest absolute Gasteiger partial charge is 0.173 e. The number of aliphatic hydroxyl groups excluding tert-OH is 1. The first-order valence-corrected chi connectivity index (χ1v) is 11.7. The van der Waals surface area contributed by atoms with Crippen LogP contribution < -0.4 is 25.6 Å². The highest BCUT2D eigenvalue weighted by molar-refractivity contribution is 7.85. The number of anilines is 1. The van der Waals surface area contributed by atoms with Crippen molar-refractivity contribution in [3.8, 4) is 5.75 Å². The topological polar surface area (TPSA) is 49.8 Å². The van der Waals surface area contributed by atoms with Crippen molar-refractivity contribution in [2.75, 3.05) is 25.2 Å². The molecule has 3 aromatic rings. The van der Waals surface area contributed by atoms with Gasteiger partial charge in [0.2, 0.25) is 0 Å². The fraction of sp³-hybridized carbons (Fsp3) is 0.250. The quantitative estimate of drug-likeness (QED) is 0.637. The maximum atomic E-state index is 14.9. The van der Waals surface area contributed by atoms with Crippen molar-refractivity contribution >= 4 is 28.7 Å². The number of aliphatic hydroxyl groups is 1. The minimum atomic E-state index is -3.15. The summed E-state index contributed by atoms with van der Waals surface area (Å²) in [7, 11) is -1.51. The highest BCUT2D eigenvalue weighted by Gasteiger charge is 2.37. The van der Waals surface area contributed by atoms with E-state index in [2.05, 4.69) is 4.90 Å². The molecule has 0 radical (unpaired) electrons. The summed E-state index contributed by atoms with van der Waals surface area (Å²) in [6, 6.07) is 25.1. The number of rotatable bonds is 6. The predicted octanol–water partition coefficient (Wildman–Crippen LogP) is 3.30. The second-order valence-corrected chi connectivity index (χ2v) is 10.0. The number of hydrogen-bond acceptors (Lipinski definition) is 4. The average molecular weight is 407 g/mol. The van der Waals surface area contributed by atoms with Crippen molar-refractivity contribution in [2.24, 2.45) is 0 Å². The van der Waals surface area contributed by atoms with Crippen molar-refractivity contribution in [1.29, 1.82) is 0 Å². The largest absolute Gasteiger partial charge is 0.495 e. The van der Waals surface area contributed by atoms with Crippen LogP contribution in [0.1, 0.15) is 12.8 Å². The van der Waals surface area contributed by atoms with Gasteiger partial charge in [0.1, 0.15) is 5.75 Å². The van der Waals surface area contributed by atoms with Gasteiger partial charge in [0.15, 0.2) is 7.14 Å². The molecule has 4 rings (SSSR count). The summed E-state index contributed by atoms with van der Waals surface area (Å²) in [6.45, 7) is 0.876. The van der Waals surface area contributed by atoms with E-state index in [4.69, 9.17) is 4.74 Å². The molecule has 0 aliphatic carbocycles. The Morgan fingerprint density at radius 3 is 2.14 bits per heavy atom. The first kappa shape index (κ1) is 19.8. The van der Waals surface area contributed by atoms with Crippen LogP contribution in [0.4, 0.5) is 5.69 Å². The molecule has 0 bridgehead atoms. The average Bonchev–Trinajstić information content (AvgIpc) is 3.27. The lowest BCUT2D eigenvalue weighted by Crippen LogP contribution is -2.37. The SMILES string of the molecule is COc1cccc(P(=O)(c2ccccc2)c2ccccc2)c1N1CCC[C@H]1CO. The van der Waals surface area contributed by atoms with Gasteiger partial charge in [0.25, 0.3) is 0 Å². The van der Waals surface area contributed by atoms with Crippen LogP contribution in [-0.4, -0.2) is 31.4 Å². The first-order valence-electron chi connectivity index (χ1n) is 9.96. The minimum absolute atomic E-state index is 0.00467. The molecule has 0 amide bonds. The van der Waals surface area contributed by atoms with Crippen molar-refractivity contribution < 1.29 is 14.4 Å². The lowest BCUT2D eigenvalue weighted by atomic mass is 10.2. The molecule has 150 valence electrons. The Hall–Kier alpha value is -2.55. The van der Waals surface area contributed by atoms with Crippen LogP contribution in [0.3, 0.4) is 0 Å². The summed E-state index contributed by atoms with van der Waals surface area (Å²) >= 11 is 0. The third-order valence-electron chi connectivity index (χ3n) is 5.65. The number of benzene rings is 3. The molecule has 1 aliphatic rings. The van der Waals surface area contributed by atoms with Crippen LogP contribution in [0, 0.1) is 0 Å². The molecule has 1 fully saturated rings. The molecule has 0 aromatic heterocycles. The molecule has 0 unspecified atom stereocenters. The standard InChI is InChI=1S/C24H26NO3P/c1-28-22-15-8-16-23(24(22)25-17-9-10-19(25)18-26)29(27,20-11-4-2-5-12-20)21-13-6-3-7-14-21/h2-8,11-16,19,26H,9-10,17-18H2,1H3/t19-/m0/s1. The van der Waals surface area contributed by atoms with Gasteiger partial charge >= 0.3 is 0 Å². The van der Waals surface area contributed by atoms with E-state index < -0.39 is 7.14 Å². The van der Waals surface area contributed by atoms with E-state index in [0.717, 1.165) is 41.0 Å². The van der Waals surface area contributed by atoms with Crippen LogP contribution in [0.2, 0.25) is 0 Å². The van der Waals surface area contributed by atoms with E-state index in [0.29, 0.717) is 5.75 Å². The number of nitrogens with zero attached hydrogens (tertiary/aromatic N) is 1. The van der Waals surface area contributed by atoms with Gasteiger partial charge in [0, 0.05) is 22.5 Å². The normalized spacial score (nSPS) is 16.8.